The number of fused-ring (bicyclic) bond motifs is 1. The van der Waals surface area contributed by atoms with Crippen LogP contribution in [0.3, 0.4) is 0 Å². The third-order valence-corrected chi connectivity index (χ3v) is 5.58. The Bertz CT molecular complexity index is 791. The standard InChI is InChI=1S/C22H34N4O2/c1-5-6-7-12-28-18-10-8-17(9-11-18)25-22(27)20-21-24-16(4)13-19(15(2)3)26(21)14-23-20/h13-15,17-18H,5-12H2,1-4H3,(H,25,27)/t17-,18-. The lowest BCUT2D eigenvalue weighted by Gasteiger charge is -2.29. The summed E-state index contributed by atoms with van der Waals surface area (Å²) < 4.78 is 7.92. The zero-order valence-electron chi connectivity index (χ0n) is 17.7. The molecule has 0 radical (unpaired) electrons. The van der Waals surface area contributed by atoms with Crippen LogP contribution in [0.2, 0.25) is 0 Å². The van der Waals surface area contributed by atoms with Crippen LogP contribution in [-0.4, -0.2) is 39.0 Å². The molecule has 0 unspecified atom stereocenters. The van der Waals surface area contributed by atoms with E-state index in [2.05, 4.69) is 42.1 Å². The van der Waals surface area contributed by atoms with Crippen LogP contribution in [0.1, 0.15) is 93.5 Å². The van der Waals surface area contributed by atoms with Crippen molar-refractivity contribution in [2.24, 2.45) is 0 Å². The second-order valence-corrected chi connectivity index (χ2v) is 8.29. The minimum Gasteiger partial charge on any atom is -0.378 e. The molecule has 0 atom stereocenters. The van der Waals surface area contributed by atoms with Crippen LogP contribution in [0.15, 0.2) is 12.4 Å². The lowest BCUT2D eigenvalue weighted by atomic mass is 9.93. The highest BCUT2D eigenvalue weighted by molar-refractivity contribution is 5.98. The van der Waals surface area contributed by atoms with Crippen molar-refractivity contribution in [1.82, 2.24) is 19.7 Å². The molecule has 0 aromatic carbocycles. The number of amides is 1. The van der Waals surface area contributed by atoms with Crippen molar-refractivity contribution in [3.8, 4) is 0 Å². The summed E-state index contributed by atoms with van der Waals surface area (Å²) in [6.07, 6.45) is 9.59. The highest BCUT2D eigenvalue weighted by Crippen LogP contribution is 2.23. The topological polar surface area (TPSA) is 68.5 Å². The summed E-state index contributed by atoms with van der Waals surface area (Å²) in [5, 5.41) is 3.17. The largest absolute Gasteiger partial charge is 0.378 e. The van der Waals surface area contributed by atoms with Gasteiger partial charge < -0.3 is 10.1 Å². The molecule has 2 heterocycles. The van der Waals surface area contributed by atoms with Gasteiger partial charge in [-0.2, -0.15) is 0 Å². The van der Waals surface area contributed by atoms with Crippen LogP contribution < -0.4 is 5.32 Å². The van der Waals surface area contributed by atoms with Gasteiger partial charge in [-0.1, -0.05) is 33.6 Å². The Balaban J connectivity index is 1.59. The Kier molecular flexibility index (Phi) is 7.05. The second kappa shape index (κ2) is 9.50. The Morgan fingerprint density at radius 1 is 1.29 bits per heavy atom. The zero-order chi connectivity index (χ0) is 20.1. The average molecular weight is 387 g/mol. The van der Waals surface area contributed by atoms with Crippen molar-refractivity contribution >= 4 is 11.6 Å². The van der Waals surface area contributed by atoms with E-state index in [0.717, 1.165) is 50.1 Å². The average Bonchev–Trinajstić information content (AvgIpc) is 3.09. The molecular formula is C22H34N4O2. The van der Waals surface area contributed by atoms with Crippen molar-refractivity contribution < 1.29 is 9.53 Å². The van der Waals surface area contributed by atoms with Gasteiger partial charge >= 0.3 is 0 Å². The van der Waals surface area contributed by atoms with Gasteiger partial charge in [0.25, 0.3) is 5.91 Å². The minimum atomic E-state index is -0.123. The summed E-state index contributed by atoms with van der Waals surface area (Å²) in [6.45, 7) is 9.30. The smallest absolute Gasteiger partial charge is 0.274 e. The fourth-order valence-corrected chi connectivity index (χ4v) is 3.96. The number of nitrogens with one attached hydrogen (secondary N) is 1. The molecule has 154 valence electrons. The zero-order valence-corrected chi connectivity index (χ0v) is 17.7. The first-order chi connectivity index (χ1) is 13.5. The van der Waals surface area contributed by atoms with Crippen molar-refractivity contribution in [2.75, 3.05) is 6.61 Å². The first-order valence-electron chi connectivity index (χ1n) is 10.8. The van der Waals surface area contributed by atoms with Crippen molar-refractivity contribution in [2.45, 2.75) is 90.7 Å². The van der Waals surface area contributed by atoms with Gasteiger partial charge in [0.1, 0.15) is 6.33 Å². The lowest BCUT2D eigenvalue weighted by molar-refractivity contribution is 0.0204. The maximum atomic E-state index is 12.8. The van der Waals surface area contributed by atoms with Crippen LogP contribution in [0.25, 0.3) is 5.65 Å². The molecule has 3 rings (SSSR count). The van der Waals surface area contributed by atoms with Crippen LogP contribution in [0, 0.1) is 6.92 Å². The van der Waals surface area contributed by atoms with E-state index in [-0.39, 0.29) is 11.9 Å². The van der Waals surface area contributed by atoms with E-state index in [4.69, 9.17) is 4.74 Å². The van der Waals surface area contributed by atoms with Gasteiger partial charge in [-0.3, -0.25) is 9.20 Å². The van der Waals surface area contributed by atoms with Gasteiger partial charge in [0.2, 0.25) is 0 Å². The quantitative estimate of drug-likeness (QED) is 0.682. The molecule has 1 aliphatic rings. The van der Waals surface area contributed by atoms with Crippen LogP contribution in [0.5, 0.6) is 0 Å². The predicted octanol–water partition coefficient (Wildman–Crippen LogP) is 4.41. The summed E-state index contributed by atoms with van der Waals surface area (Å²) in [6, 6.07) is 2.25. The molecule has 0 saturated heterocycles. The molecule has 6 heteroatoms. The van der Waals surface area contributed by atoms with Gasteiger partial charge in [0, 0.05) is 24.0 Å². The summed E-state index contributed by atoms with van der Waals surface area (Å²) in [7, 11) is 0. The van der Waals surface area contributed by atoms with E-state index in [1.807, 2.05) is 11.3 Å². The van der Waals surface area contributed by atoms with E-state index in [9.17, 15) is 4.79 Å². The van der Waals surface area contributed by atoms with E-state index in [0.29, 0.717) is 23.4 Å². The number of carbonyl (C=O) groups is 1. The third-order valence-electron chi connectivity index (χ3n) is 5.58. The van der Waals surface area contributed by atoms with Gasteiger partial charge in [0.15, 0.2) is 11.3 Å². The summed E-state index contributed by atoms with van der Waals surface area (Å²) in [5.74, 6) is 0.213. The first-order valence-corrected chi connectivity index (χ1v) is 10.8. The van der Waals surface area contributed by atoms with Crippen LogP contribution in [0.4, 0.5) is 0 Å². The summed E-state index contributed by atoms with van der Waals surface area (Å²) >= 11 is 0. The third kappa shape index (κ3) is 4.90. The minimum absolute atomic E-state index is 0.123. The number of ether oxygens (including phenoxy) is 1. The Labute approximate surface area is 168 Å². The number of aryl methyl sites for hydroxylation is 1. The first kappa shape index (κ1) is 20.8. The highest BCUT2D eigenvalue weighted by atomic mass is 16.5. The van der Waals surface area contributed by atoms with Crippen LogP contribution >= 0.6 is 0 Å². The molecular weight excluding hydrogens is 352 g/mol. The van der Waals surface area contributed by atoms with Crippen molar-refractivity contribution in [1.29, 1.82) is 0 Å². The number of rotatable bonds is 8. The van der Waals surface area contributed by atoms with Crippen LogP contribution in [-0.2, 0) is 4.74 Å². The Hall–Kier alpha value is -1.95. The number of imidazole rings is 1. The maximum Gasteiger partial charge on any atom is 0.274 e. The molecule has 1 N–H and O–H groups in total. The van der Waals surface area contributed by atoms with Gasteiger partial charge in [-0.15, -0.1) is 0 Å². The summed E-state index contributed by atoms with van der Waals surface area (Å²) in [5.41, 5.74) is 3.10. The van der Waals surface area contributed by atoms with E-state index in [1.165, 1.54) is 12.8 Å². The Morgan fingerprint density at radius 3 is 2.71 bits per heavy atom. The number of hydrogen-bond acceptors (Lipinski definition) is 4. The molecule has 2 aromatic heterocycles. The number of hydrogen-bond donors (Lipinski definition) is 1. The molecule has 0 bridgehead atoms. The van der Waals surface area contributed by atoms with Gasteiger partial charge in [-0.25, -0.2) is 9.97 Å². The second-order valence-electron chi connectivity index (χ2n) is 8.29. The number of unbranched alkanes of at least 4 members (excludes halogenated alkanes) is 2. The highest BCUT2D eigenvalue weighted by Gasteiger charge is 2.25. The lowest BCUT2D eigenvalue weighted by Crippen LogP contribution is -2.39. The van der Waals surface area contributed by atoms with E-state index < -0.39 is 0 Å². The molecule has 0 spiro atoms. The number of aromatic nitrogens is 3. The SMILES string of the molecule is CCCCCO[C@H]1CC[C@H](NC(=O)c2ncn3c(C(C)C)cc(C)nc23)CC1. The molecule has 1 aliphatic carbocycles. The van der Waals surface area contributed by atoms with E-state index in [1.54, 1.807) is 6.33 Å². The number of carbonyl (C=O) groups excluding carboxylic acids is 1. The van der Waals surface area contributed by atoms with Crippen molar-refractivity contribution in [3.05, 3.63) is 29.5 Å². The maximum absolute atomic E-state index is 12.8. The molecule has 0 aliphatic heterocycles. The monoisotopic (exact) mass is 386 g/mol. The fourth-order valence-electron chi connectivity index (χ4n) is 3.96. The van der Waals surface area contributed by atoms with E-state index >= 15 is 0 Å². The molecule has 6 nitrogen and oxygen atoms in total. The molecule has 28 heavy (non-hydrogen) atoms. The Morgan fingerprint density at radius 2 is 2.04 bits per heavy atom. The molecule has 1 saturated carbocycles. The molecule has 1 amide bonds. The normalized spacial score (nSPS) is 20.0. The fraction of sp³-hybridized carbons (Fsp3) is 0.682. The molecule has 2 aromatic rings. The number of nitrogens with zero attached hydrogens (tertiary/aromatic N) is 3. The predicted molar refractivity (Wildman–Crippen MR) is 111 cm³/mol. The van der Waals surface area contributed by atoms with Gasteiger partial charge in [-0.05, 0) is 51.0 Å². The van der Waals surface area contributed by atoms with Gasteiger partial charge in [0.05, 0.1) is 6.10 Å². The summed E-state index contributed by atoms with van der Waals surface area (Å²) in [4.78, 5) is 21.8. The molecule has 1 fully saturated rings. The van der Waals surface area contributed by atoms with Crippen molar-refractivity contribution in [3.63, 3.8) is 0 Å².